The Morgan fingerprint density at radius 2 is 2.06 bits per heavy atom. The number of H-pyrrole nitrogens is 1. The van der Waals surface area contributed by atoms with Crippen molar-refractivity contribution in [1.29, 1.82) is 0 Å². The van der Waals surface area contributed by atoms with Crippen molar-refractivity contribution in [3.63, 3.8) is 0 Å². The first kappa shape index (κ1) is 10.7. The van der Waals surface area contributed by atoms with E-state index in [9.17, 15) is 0 Å². The number of hydrogen-bond acceptors (Lipinski definition) is 4. The molecule has 0 aliphatic heterocycles. The number of rotatable bonds is 4. The summed E-state index contributed by atoms with van der Waals surface area (Å²) in [5.41, 5.74) is 0. The number of nitrogens with zero attached hydrogens (tertiary/aromatic N) is 3. The van der Waals surface area contributed by atoms with Gasteiger partial charge in [0.1, 0.15) is 18.0 Å². The Labute approximate surface area is 104 Å². The van der Waals surface area contributed by atoms with Crippen LogP contribution in [0.2, 0.25) is 0 Å². The topological polar surface area (TPSA) is 66.5 Å². The van der Waals surface area contributed by atoms with Gasteiger partial charge in [0.05, 0.1) is 0 Å². The van der Waals surface area contributed by atoms with Gasteiger partial charge in [-0.2, -0.15) is 5.10 Å². The van der Waals surface area contributed by atoms with E-state index in [1.807, 2.05) is 24.4 Å². The number of aromatic amines is 1. The highest BCUT2D eigenvalue weighted by Crippen LogP contribution is 2.19. The van der Waals surface area contributed by atoms with Crippen molar-refractivity contribution in [2.24, 2.45) is 0 Å². The molecule has 0 saturated carbocycles. The maximum Gasteiger partial charge on any atom is 0.137 e. The van der Waals surface area contributed by atoms with Crippen molar-refractivity contribution in [3.05, 3.63) is 48.7 Å². The fourth-order valence-electron chi connectivity index (χ4n) is 1.91. The second-order valence-electron chi connectivity index (χ2n) is 3.99. The number of anilines is 1. The molecule has 5 heteroatoms. The van der Waals surface area contributed by atoms with Gasteiger partial charge in [0.25, 0.3) is 0 Å². The SMILES string of the molecule is c1ccc2c(NCCc3ncn[nH]3)nccc2c1. The third kappa shape index (κ3) is 2.15. The van der Waals surface area contributed by atoms with Crippen molar-refractivity contribution in [3.8, 4) is 0 Å². The molecule has 0 radical (unpaired) electrons. The van der Waals surface area contributed by atoms with Gasteiger partial charge >= 0.3 is 0 Å². The summed E-state index contributed by atoms with van der Waals surface area (Å²) in [5, 5.41) is 12.3. The minimum atomic E-state index is 0.774. The number of hydrogen-bond donors (Lipinski definition) is 2. The molecule has 18 heavy (non-hydrogen) atoms. The zero-order valence-corrected chi connectivity index (χ0v) is 9.80. The van der Waals surface area contributed by atoms with Crippen LogP contribution in [0.15, 0.2) is 42.9 Å². The summed E-state index contributed by atoms with van der Waals surface area (Å²) in [6.45, 7) is 0.774. The van der Waals surface area contributed by atoms with Crippen LogP contribution in [-0.4, -0.2) is 26.7 Å². The Morgan fingerprint density at radius 3 is 2.94 bits per heavy atom. The Bertz CT molecular complexity index is 627. The van der Waals surface area contributed by atoms with Gasteiger partial charge in [0, 0.05) is 24.5 Å². The first-order valence-electron chi connectivity index (χ1n) is 5.85. The molecule has 90 valence electrons. The summed E-state index contributed by atoms with van der Waals surface area (Å²) in [6, 6.07) is 10.2. The summed E-state index contributed by atoms with van der Waals surface area (Å²) in [5.74, 6) is 1.79. The molecule has 1 aromatic carbocycles. The number of fused-ring (bicyclic) bond motifs is 1. The second kappa shape index (κ2) is 4.83. The molecule has 3 rings (SSSR count). The Kier molecular flexibility index (Phi) is 2.87. The first-order chi connectivity index (χ1) is 8.93. The van der Waals surface area contributed by atoms with E-state index in [1.54, 1.807) is 0 Å². The summed E-state index contributed by atoms with van der Waals surface area (Å²) < 4.78 is 0. The molecule has 5 nitrogen and oxygen atoms in total. The van der Waals surface area contributed by atoms with Crippen LogP contribution in [0, 0.1) is 0 Å². The van der Waals surface area contributed by atoms with Gasteiger partial charge in [-0.1, -0.05) is 24.3 Å². The molecular weight excluding hydrogens is 226 g/mol. The molecule has 0 unspecified atom stereocenters. The molecule has 3 aromatic rings. The number of pyridine rings is 1. The van der Waals surface area contributed by atoms with Crippen LogP contribution in [-0.2, 0) is 6.42 Å². The Balaban J connectivity index is 1.74. The molecule has 2 heterocycles. The quantitative estimate of drug-likeness (QED) is 0.731. The zero-order chi connectivity index (χ0) is 12.2. The maximum absolute atomic E-state index is 4.37. The Morgan fingerprint density at radius 1 is 1.11 bits per heavy atom. The second-order valence-corrected chi connectivity index (χ2v) is 3.99. The molecule has 0 aliphatic carbocycles. The summed E-state index contributed by atoms with van der Waals surface area (Å²) >= 11 is 0. The van der Waals surface area contributed by atoms with Crippen molar-refractivity contribution in [1.82, 2.24) is 20.2 Å². The van der Waals surface area contributed by atoms with Crippen LogP contribution in [0.3, 0.4) is 0 Å². The van der Waals surface area contributed by atoms with E-state index in [2.05, 4.69) is 37.6 Å². The molecule has 0 spiro atoms. The summed E-state index contributed by atoms with van der Waals surface area (Å²) in [4.78, 5) is 8.45. The first-order valence-corrected chi connectivity index (χ1v) is 5.85. The van der Waals surface area contributed by atoms with Gasteiger partial charge in [-0.25, -0.2) is 9.97 Å². The zero-order valence-electron chi connectivity index (χ0n) is 9.80. The van der Waals surface area contributed by atoms with Crippen molar-refractivity contribution >= 4 is 16.6 Å². The van der Waals surface area contributed by atoms with E-state index in [-0.39, 0.29) is 0 Å². The van der Waals surface area contributed by atoms with Gasteiger partial charge in [0.15, 0.2) is 0 Å². The van der Waals surface area contributed by atoms with Crippen LogP contribution in [0.1, 0.15) is 5.82 Å². The molecule has 0 amide bonds. The molecule has 0 aliphatic rings. The van der Waals surface area contributed by atoms with E-state index in [0.717, 1.165) is 30.0 Å². The number of aromatic nitrogens is 4. The van der Waals surface area contributed by atoms with Gasteiger partial charge in [-0.15, -0.1) is 0 Å². The summed E-state index contributed by atoms with van der Waals surface area (Å²) in [6.07, 6.45) is 4.13. The largest absolute Gasteiger partial charge is 0.369 e. The molecule has 0 saturated heterocycles. The fraction of sp³-hybridized carbons (Fsp3) is 0.154. The molecule has 0 bridgehead atoms. The smallest absolute Gasteiger partial charge is 0.137 e. The van der Waals surface area contributed by atoms with Crippen LogP contribution < -0.4 is 5.32 Å². The van der Waals surface area contributed by atoms with Gasteiger partial charge in [-0.3, -0.25) is 5.10 Å². The molecule has 0 fully saturated rings. The number of nitrogens with one attached hydrogen (secondary N) is 2. The minimum Gasteiger partial charge on any atom is -0.369 e. The minimum absolute atomic E-state index is 0.774. The maximum atomic E-state index is 4.37. The van der Waals surface area contributed by atoms with E-state index < -0.39 is 0 Å². The standard InChI is InChI=1S/C13H13N5/c1-2-4-11-10(3-1)5-7-14-13(11)15-8-6-12-16-9-17-18-12/h1-5,7,9H,6,8H2,(H,14,15)(H,16,17,18). The van der Waals surface area contributed by atoms with Gasteiger partial charge in [-0.05, 0) is 11.5 Å². The van der Waals surface area contributed by atoms with E-state index in [1.165, 1.54) is 11.7 Å². The monoisotopic (exact) mass is 239 g/mol. The molecule has 2 N–H and O–H groups in total. The summed E-state index contributed by atoms with van der Waals surface area (Å²) in [7, 11) is 0. The lowest BCUT2D eigenvalue weighted by molar-refractivity contribution is 0.898. The molecule has 2 aromatic heterocycles. The lowest BCUT2D eigenvalue weighted by atomic mass is 10.1. The normalized spacial score (nSPS) is 10.7. The lowest BCUT2D eigenvalue weighted by Crippen LogP contribution is -2.07. The van der Waals surface area contributed by atoms with E-state index in [0.29, 0.717) is 0 Å². The third-order valence-corrected chi connectivity index (χ3v) is 2.79. The van der Waals surface area contributed by atoms with Crippen LogP contribution in [0.4, 0.5) is 5.82 Å². The van der Waals surface area contributed by atoms with E-state index >= 15 is 0 Å². The average molecular weight is 239 g/mol. The fourth-order valence-corrected chi connectivity index (χ4v) is 1.91. The molecular formula is C13H13N5. The average Bonchev–Trinajstić information content (AvgIpc) is 2.92. The molecule has 0 atom stereocenters. The van der Waals surface area contributed by atoms with Gasteiger partial charge in [0.2, 0.25) is 0 Å². The van der Waals surface area contributed by atoms with Crippen molar-refractivity contribution < 1.29 is 0 Å². The highest BCUT2D eigenvalue weighted by Gasteiger charge is 2.01. The van der Waals surface area contributed by atoms with Gasteiger partial charge < -0.3 is 5.32 Å². The lowest BCUT2D eigenvalue weighted by Gasteiger charge is -2.07. The van der Waals surface area contributed by atoms with Crippen LogP contribution >= 0.6 is 0 Å². The number of benzene rings is 1. The highest BCUT2D eigenvalue weighted by atomic mass is 15.2. The third-order valence-electron chi connectivity index (χ3n) is 2.79. The predicted octanol–water partition coefficient (Wildman–Crippen LogP) is 2.01. The van der Waals surface area contributed by atoms with Crippen molar-refractivity contribution in [2.45, 2.75) is 6.42 Å². The Hall–Kier alpha value is -2.43. The van der Waals surface area contributed by atoms with E-state index in [4.69, 9.17) is 0 Å². The van der Waals surface area contributed by atoms with Crippen LogP contribution in [0.5, 0.6) is 0 Å². The van der Waals surface area contributed by atoms with Crippen molar-refractivity contribution in [2.75, 3.05) is 11.9 Å². The highest BCUT2D eigenvalue weighted by molar-refractivity contribution is 5.91. The predicted molar refractivity (Wildman–Crippen MR) is 70.3 cm³/mol. The van der Waals surface area contributed by atoms with Crippen LogP contribution in [0.25, 0.3) is 10.8 Å².